The van der Waals surface area contributed by atoms with Gasteiger partial charge >= 0.3 is 0 Å². The number of amidine groups is 1. The van der Waals surface area contributed by atoms with E-state index in [-0.39, 0.29) is 28.3 Å². The van der Waals surface area contributed by atoms with Gasteiger partial charge in [0.2, 0.25) is 5.91 Å². The first-order valence-corrected chi connectivity index (χ1v) is 12.0. The number of fused-ring (bicyclic) bond motifs is 1. The highest BCUT2D eigenvalue weighted by atomic mass is 32.2. The first-order chi connectivity index (χ1) is 16.3. The Morgan fingerprint density at radius 2 is 2.09 bits per heavy atom. The number of nitrogens with two attached hydrogens (primary N) is 1. The van der Waals surface area contributed by atoms with Gasteiger partial charge in [-0.2, -0.15) is 5.26 Å². The Balaban J connectivity index is 1.48. The lowest BCUT2D eigenvalue weighted by Gasteiger charge is -2.35. The number of pyridine rings is 1. The monoisotopic (exact) mass is 479 g/mol. The van der Waals surface area contributed by atoms with Crippen molar-refractivity contribution in [2.75, 3.05) is 13.1 Å². The summed E-state index contributed by atoms with van der Waals surface area (Å²) in [4.78, 5) is 23.8. The van der Waals surface area contributed by atoms with Crippen LogP contribution in [0.5, 0.6) is 0 Å². The predicted molar refractivity (Wildman–Crippen MR) is 128 cm³/mol. The molecule has 2 fully saturated rings. The topological polar surface area (TPSA) is 95.4 Å². The number of thioether (sulfide) groups is 1. The number of hydrogen-bond donors (Lipinski definition) is 1. The van der Waals surface area contributed by atoms with Crippen LogP contribution in [0.3, 0.4) is 0 Å². The summed E-state index contributed by atoms with van der Waals surface area (Å²) in [5.74, 6) is -1.24. The quantitative estimate of drug-likeness (QED) is 0.709. The SMILES string of the molecule is C[C@]1(c2cc(C=C(F)c3ccc(C#N)cn3)ccc2F)N=C(N)S[C@@]2(C(=O)N3CCCC3)C[C@H]21. The van der Waals surface area contributed by atoms with Crippen LogP contribution in [0.15, 0.2) is 41.5 Å². The van der Waals surface area contributed by atoms with Crippen LogP contribution in [-0.4, -0.2) is 38.8 Å². The Hall–Kier alpha value is -3.25. The highest BCUT2D eigenvalue weighted by Crippen LogP contribution is 2.66. The van der Waals surface area contributed by atoms with Gasteiger partial charge in [0, 0.05) is 30.8 Å². The fraction of sp³-hybridized carbons (Fsp3) is 0.360. The van der Waals surface area contributed by atoms with Crippen LogP contribution in [0.2, 0.25) is 0 Å². The highest BCUT2D eigenvalue weighted by molar-refractivity contribution is 8.15. The number of nitrogens with zero attached hydrogens (tertiary/aromatic N) is 4. The van der Waals surface area contributed by atoms with E-state index in [1.165, 1.54) is 48.3 Å². The van der Waals surface area contributed by atoms with Crippen molar-refractivity contribution in [1.82, 2.24) is 9.88 Å². The standard InChI is InChI=1S/C25H23F2N5OS/c1-24(21-12-25(21,34-23(29)31-24)22(33)32-8-2-3-9-32)17-10-15(4-6-18(17)26)11-19(27)20-7-5-16(13-28)14-30-20/h4-7,10-11,14,21H,2-3,8-9,12H2,1H3,(H2,29,31)/t21-,24+,25-/m0/s1. The van der Waals surface area contributed by atoms with Gasteiger partial charge in [0.1, 0.15) is 22.5 Å². The van der Waals surface area contributed by atoms with Gasteiger partial charge in [-0.25, -0.2) is 8.78 Å². The fourth-order valence-corrected chi connectivity index (χ4v) is 6.53. The molecule has 2 aromatic rings. The lowest BCUT2D eigenvalue weighted by molar-refractivity contribution is -0.130. The van der Waals surface area contributed by atoms with Crippen molar-refractivity contribution in [3.8, 4) is 6.07 Å². The molecule has 3 aliphatic rings. The normalized spacial score (nSPS) is 28.2. The van der Waals surface area contributed by atoms with E-state index in [1.54, 1.807) is 13.0 Å². The molecule has 1 aromatic heterocycles. The summed E-state index contributed by atoms with van der Waals surface area (Å²) in [6.07, 6.45) is 5.10. The second kappa shape index (κ2) is 8.20. The van der Waals surface area contributed by atoms with Crippen molar-refractivity contribution in [2.45, 2.75) is 36.5 Å². The summed E-state index contributed by atoms with van der Waals surface area (Å²) in [5.41, 5.74) is 6.25. The number of benzene rings is 1. The van der Waals surface area contributed by atoms with Crippen molar-refractivity contribution in [1.29, 1.82) is 5.26 Å². The molecule has 34 heavy (non-hydrogen) atoms. The fourth-order valence-electron chi connectivity index (χ4n) is 5.08. The minimum atomic E-state index is -1.04. The van der Waals surface area contributed by atoms with Crippen molar-refractivity contribution in [3.63, 3.8) is 0 Å². The summed E-state index contributed by atoms with van der Waals surface area (Å²) in [6, 6.07) is 9.16. The van der Waals surface area contributed by atoms with Gasteiger partial charge in [-0.1, -0.05) is 17.8 Å². The Bertz CT molecular complexity index is 1270. The number of likely N-dealkylation sites (tertiary alicyclic amines) is 1. The number of carbonyl (C=O) groups is 1. The molecule has 2 N–H and O–H groups in total. The second-order valence-electron chi connectivity index (χ2n) is 9.12. The van der Waals surface area contributed by atoms with Crippen LogP contribution < -0.4 is 5.73 Å². The maximum absolute atomic E-state index is 15.1. The van der Waals surface area contributed by atoms with E-state index in [1.807, 2.05) is 11.0 Å². The second-order valence-corrected chi connectivity index (χ2v) is 10.5. The highest BCUT2D eigenvalue weighted by Gasteiger charge is 2.71. The zero-order chi connectivity index (χ0) is 24.1. The van der Waals surface area contributed by atoms with Gasteiger partial charge in [-0.05, 0) is 62.1 Å². The Labute approximate surface area is 200 Å². The van der Waals surface area contributed by atoms with Crippen molar-refractivity contribution in [3.05, 3.63) is 64.7 Å². The summed E-state index contributed by atoms with van der Waals surface area (Å²) in [7, 11) is 0. The molecule has 174 valence electrons. The Morgan fingerprint density at radius 1 is 1.32 bits per heavy atom. The largest absolute Gasteiger partial charge is 0.378 e. The number of aliphatic imine (C=N–C) groups is 1. The van der Waals surface area contributed by atoms with E-state index in [2.05, 4.69) is 9.98 Å². The van der Waals surface area contributed by atoms with Crippen LogP contribution in [0.1, 0.15) is 48.6 Å². The molecule has 1 aliphatic carbocycles. The third kappa shape index (κ3) is 3.66. The van der Waals surface area contributed by atoms with Crippen LogP contribution in [0, 0.1) is 23.1 Å². The summed E-state index contributed by atoms with van der Waals surface area (Å²) in [5, 5.41) is 9.15. The first-order valence-electron chi connectivity index (χ1n) is 11.1. The molecule has 1 aromatic carbocycles. The number of hydrogen-bond acceptors (Lipinski definition) is 6. The molecule has 2 aliphatic heterocycles. The molecule has 3 heterocycles. The number of rotatable bonds is 4. The number of aromatic nitrogens is 1. The molecule has 0 unspecified atom stereocenters. The first kappa shape index (κ1) is 22.5. The molecular weight excluding hydrogens is 456 g/mol. The van der Waals surface area contributed by atoms with Gasteiger partial charge in [-0.15, -0.1) is 0 Å². The van der Waals surface area contributed by atoms with Gasteiger partial charge in [0.05, 0.1) is 16.8 Å². The average Bonchev–Trinajstić information content (AvgIpc) is 3.33. The molecule has 0 spiro atoms. The number of amides is 1. The van der Waals surface area contributed by atoms with E-state index >= 15 is 4.39 Å². The molecule has 3 atom stereocenters. The minimum absolute atomic E-state index is 0.0541. The maximum atomic E-state index is 15.1. The zero-order valence-corrected chi connectivity index (χ0v) is 19.4. The molecule has 5 rings (SSSR count). The Kier molecular flexibility index (Phi) is 5.44. The van der Waals surface area contributed by atoms with Gasteiger partial charge in [0.25, 0.3) is 0 Å². The molecular formula is C25H23F2N5OS. The van der Waals surface area contributed by atoms with E-state index in [9.17, 15) is 9.18 Å². The summed E-state index contributed by atoms with van der Waals surface area (Å²) >= 11 is 1.29. The van der Waals surface area contributed by atoms with Crippen LogP contribution in [-0.2, 0) is 10.3 Å². The lowest BCUT2D eigenvalue weighted by atomic mass is 9.84. The van der Waals surface area contributed by atoms with Crippen LogP contribution in [0.25, 0.3) is 11.9 Å². The molecule has 1 amide bonds. The molecule has 6 nitrogen and oxygen atoms in total. The van der Waals surface area contributed by atoms with Crippen molar-refractivity contribution < 1.29 is 13.6 Å². The average molecular weight is 480 g/mol. The van der Waals surface area contributed by atoms with E-state index < -0.39 is 21.9 Å². The minimum Gasteiger partial charge on any atom is -0.378 e. The molecule has 0 bridgehead atoms. The predicted octanol–water partition coefficient (Wildman–Crippen LogP) is 4.22. The van der Waals surface area contributed by atoms with Crippen molar-refractivity contribution in [2.24, 2.45) is 16.6 Å². The Morgan fingerprint density at radius 3 is 2.76 bits per heavy atom. The number of carbonyl (C=O) groups excluding carboxylic acids is 1. The maximum Gasteiger partial charge on any atom is 0.239 e. The molecule has 1 saturated heterocycles. The molecule has 1 saturated carbocycles. The third-order valence-corrected chi connectivity index (χ3v) is 8.23. The lowest BCUT2D eigenvalue weighted by Crippen LogP contribution is -2.45. The van der Waals surface area contributed by atoms with Crippen LogP contribution >= 0.6 is 11.8 Å². The number of nitriles is 1. The van der Waals surface area contributed by atoms with Crippen LogP contribution in [0.4, 0.5) is 8.78 Å². The zero-order valence-electron chi connectivity index (χ0n) is 18.6. The van der Waals surface area contributed by atoms with E-state index in [0.29, 0.717) is 17.5 Å². The van der Waals surface area contributed by atoms with Crippen molar-refractivity contribution >= 4 is 34.7 Å². The smallest absolute Gasteiger partial charge is 0.239 e. The molecule has 0 radical (unpaired) electrons. The number of halogens is 2. The molecule has 9 heteroatoms. The summed E-state index contributed by atoms with van der Waals surface area (Å²) < 4.78 is 29.2. The summed E-state index contributed by atoms with van der Waals surface area (Å²) in [6.45, 7) is 3.27. The van der Waals surface area contributed by atoms with Gasteiger partial charge < -0.3 is 10.6 Å². The van der Waals surface area contributed by atoms with E-state index in [0.717, 1.165) is 25.9 Å². The van der Waals surface area contributed by atoms with Gasteiger partial charge in [-0.3, -0.25) is 14.8 Å². The van der Waals surface area contributed by atoms with Gasteiger partial charge in [0.15, 0.2) is 5.17 Å². The third-order valence-electron chi connectivity index (χ3n) is 6.94. The van der Waals surface area contributed by atoms with E-state index in [4.69, 9.17) is 11.0 Å².